The summed E-state index contributed by atoms with van der Waals surface area (Å²) in [6.45, 7) is 1.85. The lowest BCUT2D eigenvalue weighted by Gasteiger charge is -2.12. The summed E-state index contributed by atoms with van der Waals surface area (Å²) in [5.74, 6) is -2.17. The van der Waals surface area contributed by atoms with Crippen LogP contribution in [0.2, 0.25) is 0 Å². The minimum absolute atomic E-state index is 0.104. The Morgan fingerprint density at radius 1 is 1.23 bits per heavy atom. The molecule has 0 aliphatic heterocycles. The monoisotopic (exact) mass is 323 g/mol. The van der Waals surface area contributed by atoms with E-state index in [1.165, 1.54) is 24.3 Å². The van der Waals surface area contributed by atoms with Crippen LogP contribution in [0.3, 0.4) is 0 Å². The summed E-state index contributed by atoms with van der Waals surface area (Å²) in [7, 11) is -4.21. The van der Waals surface area contributed by atoms with Crippen molar-refractivity contribution in [1.82, 2.24) is 0 Å². The van der Waals surface area contributed by atoms with Crippen molar-refractivity contribution in [2.24, 2.45) is 0 Å². The van der Waals surface area contributed by atoms with Gasteiger partial charge in [0, 0.05) is 0 Å². The van der Waals surface area contributed by atoms with Crippen molar-refractivity contribution in [3.8, 4) is 0 Å². The molecule has 22 heavy (non-hydrogen) atoms. The molecule has 2 rings (SSSR count). The van der Waals surface area contributed by atoms with Gasteiger partial charge in [0.05, 0.1) is 11.3 Å². The molecule has 0 spiro atoms. The summed E-state index contributed by atoms with van der Waals surface area (Å²) in [6, 6.07) is 9.25. The molecule has 0 aliphatic carbocycles. The standard InChI is InChI=1S/C15H14FNO4S/c1-2-10-7-8-13(11(9-10)15(18)19)17-22(20,21)14-6-4-3-5-12(14)16/h3-9,17H,2H2,1H3,(H,18,19). The first-order chi connectivity index (χ1) is 10.3. The number of nitrogens with one attached hydrogen (secondary N) is 1. The second-order valence-electron chi connectivity index (χ2n) is 4.57. The summed E-state index contributed by atoms with van der Waals surface area (Å²) in [5.41, 5.74) is 0.471. The molecular weight excluding hydrogens is 309 g/mol. The average molecular weight is 323 g/mol. The average Bonchev–Trinajstić information content (AvgIpc) is 2.47. The van der Waals surface area contributed by atoms with Crippen molar-refractivity contribution in [1.29, 1.82) is 0 Å². The van der Waals surface area contributed by atoms with Crippen LogP contribution in [-0.2, 0) is 16.4 Å². The number of hydrogen-bond acceptors (Lipinski definition) is 3. The Hall–Kier alpha value is -2.41. The minimum Gasteiger partial charge on any atom is -0.478 e. The van der Waals surface area contributed by atoms with E-state index in [4.69, 9.17) is 0 Å². The molecular formula is C15H14FNO4S. The molecule has 0 amide bonds. The molecule has 2 N–H and O–H groups in total. The normalized spacial score (nSPS) is 11.2. The zero-order chi connectivity index (χ0) is 16.3. The topological polar surface area (TPSA) is 83.5 Å². The lowest BCUT2D eigenvalue weighted by molar-refractivity contribution is 0.0698. The fraction of sp³-hybridized carbons (Fsp3) is 0.133. The van der Waals surface area contributed by atoms with Gasteiger partial charge in [0.2, 0.25) is 0 Å². The fourth-order valence-electron chi connectivity index (χ4n) is 1.94. The molecule has 0 saturated heterocycles. The van der Waals surface area contributed by atoms with E-state index in [0.29, 0.717) is 6.42 Å². The molecule has 116 valence electrons. The number of rotatable bonds is 5. The highest BCUT2D eigenvalue weighted by Crippen LogP contribution is 2.23. The molecule has 7 heteroatoms. The van der Waals surface area contributed by atoms with Crippen molar-refractivity contribution in [3.05, 3.63) is 59.4 Å². The maximum absolute atomic E-state index is 13.6. The van der Waals surface area contributed by atoms with Crippen LogP contribution >= 0.6 is 0 Å². The maximum Gasteiger partial charge on any atom is 0.337 e. The first-order valence-electron chi connectivity index (χ1n) is 6.48. The molecule has 2 aromatic rings. The predicted octanol–water partition coefficient (Wildman–Crippen LogP) is 2.89. The van der Waals surface area contributed by atoms with Crippen LogP contribution < -0.4 is 4.72 Å². The molecule has 0 saturated carbocycles. The number of aryl methyl sites for hydroxylation is 1. The van der Waals surface area contributed by atoms with Gasteiger partial charge >= 0.3 is 5.97 Å². The SMILES string of the molecule is CCc1ccc(NS(=O)(=O)c2ccccc2F)c(C(=O)O)c1. The quantitative estimate of drug-likeness (QED) is 0.886. The van der Waals surface area contributed by atoms with Crippen molar-refractivity contribution in [3.63, 3.8) is 0 Å². The number of benzene rings is 2. The van der Waals surface area contributed by atoms with Gasteiger partial charge in [0.15, 0.2) is 0 Å². The zero-order valence-corrected chi connectivity index (χ0v) is 12.5. The van der Waals surface area contributed by atoms with Crippen LogP contribution in [0.25, 0.3) is 0 Å². The Balaban J connectivity index is 2.46. The molecule has 5 nitrogen and oxygen atoms in total. The summed E-state index contributed by atoms with van der Waals surface area (Å²) in [6.07, 6.45) is 0.612. The Labute approximate surface area is 127 Å². The molecule has 0 bridgehead atoms. The Morgan fingerprint density at radius 2 is 1.91 bits per heavy atom. The highest BCUT2D eigenvalue weighted by molar-refractivity contribution is 7.92. The van der Waals surface area contributed by atoms with Gasteiger partial charge in [-0.3, -0.25) is 4.72 Å². The minimum atomic E-state index is -4.21. The van der Waals surface area contributed by atoms with Gasteiger partial charge in [0.1, 0.15) is 10.7 Å². The Morgan fingerprint density at radius 3 is 2.50 bits per heavy atom. The van der Waals surface area contributed by atoms with Crippen molar-refractivity contribution >= 4 is 21.7 Å². The van der Waals surface area contributed by atoms with E-state index in [1.54, 1.807) is 6.07 Å². The van der Waals surface area contributed by atoms with E-state index < -0.39 is 26.7 Å². The van der Waals surface area contributed by atoms with Crippen LogP contribution in [0.4, 0.5) is 10.1 Å². The second-order valence-corrected chi connectivity index (χ2v) is 6.23. The number of sulfonamides is 1. The molecule has 0 fully saturated rings. The predicted molar refractivity (Wildman–Crippen MR) is 80.0 cm³/mol. The zero-order valence-electron chi connectivity index (χ0n) is 11.7. The first kappa shape index (κ1) is 16.0. The number of carboxylic acids is 1. The second kappa shape index (κ2) is 6.15. The Bertz CT molecular complexity index is 818. The third kappa shape index (κ3) is 3.25. The van der Waals surface area contributed by atoms with Crippen molar-refractivity contribution in [2.75, 3.05) is 4.72 Å². The molecule has 0 aromatic heterocycles. The highest BCUT2D eigenvalue weighted by Gasteiger charge is 2.21. The van der Waals surface area contributed by atoms with Gasteiger partial charge in [-0.05, 0) is 36.2 Å². The number of aromatic carboxylic acids is 1. The van der Waals surface area contributed by atoms with Gasteiger partial charge in [-0.25, -0.2) is 17.6 Å². The number of carboxylic acid groups (broad SMARTS) is 1. The third-order valence-electron chi connectivity index (χ3n) is 3.09. The van der Waals surface area contributed by atoms with Gasteiger partial charge < -0.3 is 5.11 Å². The van der Waals surface area contributed by atoms with Crippen LogP contribution in [0.1, 0.15) is 22.8 Å². The largest absolute Gasteiger partial charge is 0.478 e. The first-order valence-corrected chi connectivity index (χ1v) is 7.97. The molecule has 0 aliphatic rings. The molecule has 0 atom stereocenters. The number of halogens is 1. The van der Waals surface area contributed by atoms with E-state index in [1.807, 2.05) is 6.92 Å². The number of carbonyl (C=O) groups is 1. The van der Waals surface area contributed by atoms with E-state index in [0.717, 1.165) is 17.7 Å². The van der Waals surface area contributed by atoms with E-state index in [9.17, 15) is 22.7 Å². The molecule has 2 aromatic carbocycles. The van der Waals surface area contributed by atoms with Crippen molar-refractivity contribution < 1.29 is 22.7 Å². The summed E-state index contributed by atoms with van der Waals surface area (Å²) >= 11 is 0. The maximum atomic E-state index is 13.6. The third-order valence-corrected chi connectivity index (χ3v) is 4.49. The molecule has 0 radical (unpaired) electrons. The summed E-state index contributed by atoms with van der Waals surface area (Å²) < 4.78 is 40.2. The lowest BCUT2D eigenvalue weighted by atomic mass is 10.1. The van der Waals surface area contributed by atoms with Gasteiger partial charge in [-0.2, -0.15) is 0 Å². The van der Waals surface area contributed by atoms with Crippen LogP contribution in [0.5, 0.6) is 0 Å². The van der Waals surface area contributed by atoms with Gasteiger partial charge in [-0.15, -0.1) is 0 Å². The summed E-state index contributed by atoms with van der Waals surface area (Å²) in [4.78, 5) is 10.7. The summed E-state index contributed by atoms with van der Waals surface area (Å²) in [5, 5.41) is 9.20. The smallest absolute Gasteiger partial charge is 0.337 e. The number of anilines is 1. The fourth-order valence-corrected chi connectivity index (χ4v) is 3.10. The highest BCUT2D eigenvalue weighted by atomic mass is 32.2. The van der Waals surface area contributed by atoms with Gasteiger partial charge in [0.25, 0.3) is 10.0 Å². The van der Waals surface area contributed by atoms with Gasteiger partial charge in [-0.1, -0.05) is 25.1 Å². The molecule has 0 unspecified atom stereocenters. The Kier molecular flexibility index (Phi) is 4.46. The van der Waals surface area contributed by atoms with E-state index in [-0.39, 0.29) is 11.3 Å². The molecule has 0 heterocycles. The van der Waals surface area contributed by atoms with E-state index in [2.05, 4.69) is 4.72 Å². The van der Waals surface area contributed by atoms with Crippen LogP contribution in [0, 0.1) is 5.82 Å². The van der Waals surface area contributed by atoms with Crippen molar-refractivity contribution in [2.45, 2.75) is 18.2 Å². The van der Waals surface area contributed by atoms with Crippen LogP contribution in [-0.4, -0.2) is 19.5 Å². The van der Waals surface area contributed by atoms with E-state index >= 15 is 0 Å². The van der Waals surface area contributed by atoms with Crippen LogP contribution in [0.15, 0.2) is 47.4 Å². The lowest BCUT2D eigenvalue weighted by Crippen LogP contribution is -2.17. The number of hydrogen-bond donors (Lipinski definition) is 2.